The van der Waals surface area contributed by atoms with Gasteiger partial charge in [0.2, 0.25) is 0 Å². The van der Waals surface area contributed by atoms with Gasteiger partial charge in [0.05, 0.1) is 12.5 Å². The predicted octanol–water partition coefficient (Wildman–Crippen LogP) is 2.02. The first-order chi connectivity index (χ1) is 3.80. The maximum absolute atomic E-state index is 4.86. The minimum atomic E-state index is 0.874. The van der Waals surface area contributed by atoms with Crippen LogP contribution in [0.25, 0.3) is 0 Å². The van der Waals surface area contributed by atoms with E-state index in [1.54, 1.807) is 12.5 Å². The lowest BCUT2D eigenvalue weighted by molar-refractivity contribution is 0.567. The SMILES string of the molecule is CC(=S)c1ccoc1. The Bertz CT molecular complexity index is 176. The molecule has 0 saturated carbocycles. The van der Waals surface area contributed by atoms with Crippen LogP contribution in [-0.4, -0.2) is 4.86 Å². The maximum atomic E-state index is 4.86. The van der Waals surface area contributed by atoms with E-state index >= 15 is 0 Å². The first kappa shape index (κ1) is 5.51. The third kappa shape index (κ3) is 0.954. The minimum absolute atomic E-state index is 0.874. The van der Waals surface area contributed by atoms with E-state index in [4.69, 9.17) is 16.6 Å². The van der Waals surface area contributed by atoms with Gasteiger partial charge in [-0.25, -0.2) is 0 Å². The van der Waals surface area contributed by atoms with Crippen molar-refractivity contribution in [2.75, 3.05) is 0 Å². The Balaban J connectivity index is 2.93. The molecule has 0 radical (unpaired) electrons. The van der Waals surface area contributed by atoms with Crippen molar-refractivity contribution in [2.45, 2.75) is 6.92 Å². The van der Waals surface area contributed by atoms with Gasteiger partial charge in [-0.05, 0) is 13.0 Å². The van der Waals surface area contributed by atoms with Gasteiger partial charge in [0, 0.05) is 10.4 Å². The molecule has 0 atom stereocenters. The van der Waals surface area contributed by atoms with E-state index in [1.165, 1.54) is 0 Å². The van der Waals surface area contributed by atoms with Crippen molar-refractivity contribution >= 4 is 17.1 Å². The van der Waals surface area contributed by atoms with Gasteiger partial charge in [0.25, 0.3) is 0 Å². The van der Waals surface area contributed by atoms with Crippen LogP contribution in [0.5, 0.6) is 0 Å². The van der Waals surface area contributed by atoms with Crippen molar-refractivity contribution in [1.82, 2.24) is 0 Å². The van der Waals surface area contributed by atoms with Crippen molar-refractivity contribution in [1.29, 1.82) is 0 Å². The van der Waals surface area contributed by atoms with Crippen LogP contribution < -0.4 is 0 Å². The maximum Gasteiger partial charge on any atom is 0.0985 e. The highest BCUT2D eigenvalue weighted by atomic mass is 32.1. The monoisotopic (exact) mass is 126 g/mol. The Morgan fingerprint density at radius 1 is 1.75 bits per heavy atom. The predicted molar refractivity (Wildman–Crippen MR) is 36.1 cm³/mol. The molecule has 0 N–H and O–H groups in total. The molecule has 0 amide bonds. The molecule has 1 nitrogen and oxygen atoms in total. The van der Waals surface area contributed by atoms with Crippen LogP contribution in [0.1, 0.15) is 12.5 Å². The Kier molecular flexibility index (Phi) is 1.44. The smallest absolute Gasteiger partial charge is 0.0985 e. The summed E-state index contributed by atoms with van der Waals surface area (Å²) >= 11 is 4.86. The molecule has 0 spiro atoms. The summed E-state index contributed by atoms with van der Waals surface area (Å²) in [6.07, 6.45) is 3.26. The molecular formula is C6H6OS. The van der Waals surface area contributed by atoms with E-state index in [-0.39, 0.29) is 0 Å². The van der Waals surface area contributed by atoms with Crippen LogP contribution >= 0.6 is 12.2 Å². The Morgan fingerprint density at radius 3 is 2.75 bits per heavy atom. The molecule has 42 valence electrons. The van der Waals surface area contributed by atoms with E-state index in [0.29, 0.717) is 0 Å². The highest BCUT2D eigenvalue weighted by molar-refractivity contribution is 7.80. The van der Waals surface area contributed by atoms with Crippen LogP contribution in [0, 0.1) is 0 Å². The molecule has 0 fully saturated rings. The summed E-state index contributed by atoms with van der Waals surface area (Å²) in [5.41, 5.74) is 1.00. The zero-order valence-corrected chi connectivity index (χ0v) is 5.37. The molecule has 0 saturated heterocycles. The minimum Gasteiger partial charge on any atom is -0.472 e. The molecule has 8 heavy (non-hydrogen) atoms. The van der Waals surface area contributed by atoms with Gasteiger partial charge in [-0.15, -0.1) is 0 Å². The first-order valence-electron chi connectivity index (χ1n) is 2.34. The molecule has 0 bridgehead atoms. The summed E-state index contributed by atoms with van der Waals surface area (Å²) in [7, 11) is 0. The lowest BCUT2D eigenvalue weighted by atomic mass is 10.3. The lowest BCUT2D eigenvalue weighted by Gasteiger charge is -1.82. The fourth-order valence-corrected chi connectivity index (χ4v) is 0.581. The molecule has 1 aromatic rings. The Morgan fingerprint density at radius 2 is 2.50 bits per heavy atom. The molecule has 0 aliphatic rings. The van der Waals surface area contributed by atoms with E-state index in [1.807, 2.05) is 13.0 Å². The molecule has 1 rings (SSSR count). The normalized spacial score (nSPS) is 9.12. The summed E-state index contributed by atoms with van der Waals surface area (Å²) < 4.78 is 4.79. The fraction of sp³-hybridized carbons (Fsp3) is 0.167. The van der Waals surface area contributed by atoms with Crippen molar-refractivity contribution in [2.24, 2.45) is 0 Å². The lowest BCUT2D eigenvalue weighted by Crippen LogP contribution is -1.82. The van der Waals surface area contributed by atoms with Gasteiger partial charge in [0.1, 0.15) is 0 Å². The Hall–Kier alpha value is -0.630. The molecule has 0 aliphatic heterocycles. The second-order valence-electron chi connectivity index (χ2n) is 1.57. The first-order valence-corrected chi connectivity index (χ1v) is 2.74. The zero-order valence-electron chi connectivity index (χ0n) is 4.55. The average molecular weight is 126 g/mol. The number of rotatable bonds is 1. The standard InChI is InChI=1S/C6H6OS/c1-5(8)6-2-3-7-4-6/h2-4H,1H3. The van der Waals surface area contributed by atoms with Crippen molar-refractivity contribution in [3.8, 4) is 0 Å². The van der Waals surface area contributed by atoms with Gasteiger partial charge >= 0.3 is 0 Å². The number of thiocarbonyl (C=S) groups is 1. The van der Waals surface area contributed by atoms with Crippen molar-refractivity contribution in [3.63, 3.8) is 0 Å². The van der Waals surface area contributed by atoms with Crippen LogP contribution in [-0.2, 0) is 0 Å². The summed E-state index contributed by atoms with van der Waals surface area (Å²) in [5.74, 6) is 0. The van der Waals surface area contributed by atoms with Crippen molar-refractivity contribution in [3.05, 3.63) is 24.2 Å². The molecule has 0 unspecified atom stereocenters. The van der Waals surface area contributed by atoms with Gasteiger partial charge in [0.15, 0.2) is 0 Å². The van der Waals surface area contributed by atoms with Crippen LogP contribution in [0.2, 0.25) is 0 Å². The largest absolute Gasteiger partial charge is 0.472 e. The second-order valence-corrected chi connectivity index (χ2v) is 2.18. The Labute approximate surface area is 53.3 Å². The molecule has 1 heterocycles. The van der Waals surface area contributed by atoms with Gasteiger partial charge in [-0.2, -0.15) is 0 Å². The third-order valence-corrected chi connectivity index (χ3v) is 1.16. The number of hydrogen-bond donors (Lipinski definition) is 0. The molecule has 0 aromatic carbocycles. The quantitative estimate of drug-likeness (QED) is 0.422. The van der Waals surface area contributed by atoms with E-state index in [0.717, 1.165) is 10.4 Å². The molecule has 2 heteroatoms. The fourth-order valence-electron chi connectivity index (χ4n) is 0.465. The van der Waals surface area contributed by atoms with Crippen LogP contribution in [0.15, 0.2) is 23.0 Å². The summed E-state index contributed by atoms with van der Waals surface area (Å²) in [4.78, 5) is 0.874. The average Bonchev–Trinajstić information content (AvgIpc) is 2.12. The third-order valence-electron chi connectivity index (χ3n) is 0.928. The highest BCUT2D eigenvalue weighted by Crippen LogP contribution is 2.00. The number of furan rings is 1. The van der Waals surface area contributed by atoms with Gasteiger partial charge in [-0.1, -0.05) is 12.2 Å². The molecular weight excluding hydrogens is 120 g/mol. The molecule has 1 aromatic heterocycles. The van der Waals surface area contributed by atoms with Crippen LogP contribution in [0.4, 0.5) is 0 Å². The highest BCUT2D eigenvalue weighted by Gasteiger charge is 1.92. The molecule has 0 aliphatic carbocycles. The summed E-state index contributed by atoms with van der Waals surface area (Å²) in [6, 6.07) is 1.85. The zero-order chi connectivity index (χ0) is 5.98. The second kappa shape index (κ2) is 2.09. The van der Waals surface area contributed by atoms with Crippen molar-refractivity contribution < 1.29 is 4.42 Å². The van der Waals surface area contributed by atoms with E-state index in [9.17, 15) is 0 Å². The van der Waals surface area contributed by atoms with E-state index < -0.39 is 0 Å². The summed E-state index contributed by atoms with van der Waals surface area (Å²) in [5, 5.41) is 0. The van der Waals surface area contributed by atoms with Gasteiger partial charge < -0.3 is 4.42 Å². The van der Waals surface area contributed by atoms with Gasteiger partial charge in [-0.3, -0.25) is 0 Å². The number of hydrogen-bond acceptors (Lipinski definition) is 2. The topological polar surface area (TPSA) is 13.1 Å². The van der Waals surface area contributed by atoms with E-state index in [2.05, 4.69) is 0 Å². The van der Waals surface area contributed by atoms with Crippen LogP contribution in [0.3, 0.4) is 0 Å². The summed E-state index contributed by atoms with van der Waals surface area (Å²) in [6.45, 7) is 1.88.